The zero-order valence-corrected chi connectivity index (χ0v) is 20.6. The van der Waals surface area contributed by atoms with Crippen molar-refractivity contribution in [2.75, 3.05) is 5.32 Å². The highest BCUT2D eigenvalue weighted by atomic mass is 32.1. The van der Waals surface area contributed by atoms with Crippen LogP contribution in [0.4, 0.5) is 10.8 Å². The van der Waals surface area contributed by atoms with E-state index in [0.29, 0.717) is 16.9 Å². The van der Waals surface area contributed by atoms with Gasteiger partial charge < -0.3 is 5.32 Å². The molecule has 0 aliphatic carbocycles. The van der Waals surface area contributed by atoms with E-state index in [4.69, 9.17) is 4.98 Å². The van der Waals surface area contributed by atoms with Gasteiger partial charge in [0.15, 0.2) is 11.5 Å². The Kier molecular flexibility index (Phi) is 5.81. The van der Waals surface area contributed by atoms with Crippen molar-refractivity contribution in [1.82, 2.24) is 19.7 Å². The molecule has 0 atom stereocenters. The summed E-state index contributed by atoms with van der Waals surface area (Å²) in [6.07, 6.45) is 1.60. The second kappa shape index (κ2) is 8.97. The Bertz CT molecular complexity index is 1580. The number of carbonyl (C=O) groups excluding carboxylic acids is 1. The standard InChI is InChI=1S/C26H22N6O3S/c1-26(2,3)17-11-9-16(10-12-17)22-28-23(30-25(33)20-13-14-21(36-20)32(34)35)19-15-27-31(24(19)29-22)18-7-5-4-6-8-18/h4-15H,1-3H3,(H,28,29,30,33). The van der Waals surface area contributed by atoms with Crippen molar-refractivity contribution in [3.8, 4) is 17.1 Å². The number of benzene rings is 2. The first-order valence-corrected chi connectivity index (χ1v) is 12.0. The van der Waals surface area contributed by atoms with Gasteiger partial charge >= 0.3 is 5.00 Å². The lowest BCUT2D eigenvalue weighted by molar-refractivity contribution is -0.380. The van der Waals surface area contributed by atoms with Crippen LogP contribution in [0.2, 0.25) is 0 Å². The van der Waals surface area contributed by atoms with E-state index in [0.717, 1.165) is 22.6 Å². The highest BCUT2D eigenvalue weighted by Gasteiger charge is 2.21. The molecule has 0 spiro atoms. The Balaban J connectivity index is 1.61. The minimum absolute atomic E-state index is 0.00226. The van der Waals surface area contributed by atoms with Gasteiger partial charge in [-0.05, 0) is 29.2 Å². The van der Waals surface area contributed by atoms with Crippen molar-refractivity contribution >= 4 is 39.1 Å². The number of nitrogens with one attached hydrogen (secondary N) is 1. The lowest BCUT2D eigenvalue weighted by Crippen LogP contribution is -2.13. The minimum atomic E-state index is -0.520. The molecule has 0 aliphatic heterocycles. The van der Waals surface area contributed by atoms with Gasteiger partial charge in [0.05, 0.1) is 27.1 Å². The highest BCUT2D eigenvalue weighted by molar-refractivity contribution is 7.17. The number of nitro groups is 1. The molecule has 10 heteroatoms. The molecule has 9 nitrogen and oxygen atoms in total. The van der Waals surface area contributed by atoms with Gasteiger partial charge in [-0.1, -0.05) is 74.6 Å². The molecule has 2 aromatic carbocycles. The summed E-state index contributed by atoms with van der Waals surface area (Å²) in [5, 5.41) is 18.8. The molecule has 1 N–H and O–H groups in total. The number of thiophene rings is 1. The third-order valence-electron chi connectivity index (χ3n) is 5.67. The van der Waals surface area contributed by atoms with Gasteiger partial charge in [0, 0.05) is 11.6 Å². The van der Waals surface area contributed by atoms with Crippen LogP contribution in [-0.2, 0) is 5.41 Å². The van der Waals surface area contributed by atoms with Crippen LogP contribution in [0.25, 0.3) is 28.1 Å². The second-order valence-electron chi connectivity index (χ2n) is 9.20. The van der Waals surface area contributed by atoms with Crippen LogP contribution in [0.15, 0.2) is 72.9 Å². The smallest absolute Gasteiger partial charge is 0.305 e. The fraction of sp³-hybridized carbons (Fsp3) is 0.154. The molecule has 0 aliphatic rings. The third-order valence-corrected chi connectivity index (χ3v) is 6.70. The van der Waals surface area contributed by atoms with Crippen LogP contribution >= 0.6 is 11.3 Å². The van der Waals surface area contributed by atoms with Crippen LogP contribution < -0.4 is 5.32 Å². The first kappa shape index (κ1) is 23.3. The SMILES string of the molecule is CC(C)(C)c1ccc(-c2nc(NC(=O)c3ccc([N+](=O)[O-])s3)c3cnn(-c4ccccc4)c3n2)cc1. The summed E-state index contributed by atoms with van der Waals surface area (Å²) in [4.78, 5) is 33.1. The van der Waals surface area contributed by atoms with Crippen LogP contribution in [-0.4, -0.2) is 30.6 Å². The maximum absolute atomic E-state index is 13.0. The highest BCUT2D eigenvalue weighted by Crippen LogP contribution is 2.30. The molecule has 3 heterocycles. The molecule has 0 unspecified atom stereocenters. The number of nitrogens with zero attached hydrogens (tertiary/aromatic N) is 5. The summed E-state index contributed by atoms with van der Waals surface area (Å²) in [5.74, 6) is 0.209. The van der Waals surface area contributed by atoms with Gasteiger partial charge in [-0.25, -0.2) is 14.6 Å². The third kappa shape index (κ3) is 4.46. The van der Waals surface area contributed by atoms with Crippen LogP contribution in [0, 0.1) is 10.1 Å². The van der Waals surface area contributed by atoms with Crippen molar-refractivity contribution in [2.24, 2.45) is 0 Å². The number of rotatable bonds is 5. The van der Waals surface area contributed by atoms with E-state index in [1.807, 2.05) is 54.6 Å². The van der Waals surface area contributed by atoms with Crippen molar-refractivity contribution in [2.45, 2.75) is 26.2 Å². The lowest BCUT2D eigenvalue weighted by Gasteiger charge is -2.19. The zero-order valence-electron chi connectivity index (χ0n) is 19.8. The molecule has 180 valence electrons. The van der Waals surface area contributed by atoms with Gasteiger partial charge in [-0.15, -0.1) is 0 Å². The van der Waals surface area contributed by atoms with Crippen molar-refractivity contribution in [3.05, 3.63) is 93.5 Å². The van der Waals surface area contributed by atoms with Crippen molar-refractivity contribution in [1.29, 1.82) is 0 Å². The summed E-state index contributed by atoms with van der Waals surface area (Å²) in [7, 11) is 0. The summed E-state index contributed by atoms with van der Waals surface area (Å²) >= 11 is 0.805. The molecule has 3 aromatic heterocycles. The fourth-order valence-corrected chi connectivity index (χ4v) is 4.44. The Morgan fingerprint density at radius 3 is 2.36 bits per heavy atom. The lowest BCUT2D eigenvalue weighted by atomic mass is 9.87. The average Bonchev–Trinajstić information content (AvgIpc) is 3.52. The molecule has 0 saturated carbocycles. The topological polar surface area (TPSA) is 116 Å². The van der Waals surface area contributed by atoms with Crippen LogP contribution in [0.1, 0.15) is 36.0 Å². The first-order valence-electron chi connectivity index (χ1n) is 11.2. The van der Waals surface area contributed by atoms with E-state index in [1.165, 1.54) is 17.7 Å². The van der Waals surface area contributed by atoms with E-state index < -0.39 is 10.8 Å². The molecule has 0 bridgehead atoms. The van der Waals surface area contributed by atoms with E-state index in [-0.39, 0.29) is 21.1 Å². The van der Waals surface area contributed by atoms with Gasteiger partial charge in [-0.2, -0.15) is 5.10 Å². The van der Waals surface area contributed by atoms with E-state index in [2.05, 4.69) is 36.2 Å². The second-order valence-corrected chi connectivity index (χ2v) is 10.3. The zero-order chi connectivity index (χ0) is 25.4. The Morgan fingerprint density at radius 1 is 1.00 bits per heavy atom. The molecule has 36 heavy (non-hydrogen) atoms. The molecule has 5 rings (SSSR count). The maximum Gasteiger partial charge on any atom is 0.324 e. The summed E-state index contributed by atoms with van der Waals surface area (Å²) in [6, 6.07) is 20.3. The average molecular weight is 499 g/mol. The van der Waals surface area contributed by atoms with Gasteiger partial charge in [0.2, 0.25) is 0 Å². The fourth-order valence-electron chi connectivity index (χ4n) is 3.73. The molecule has 1 amide bonds. The summed E-state index contributed by atoms with van der Waals surface area (Å²) in [5.41, 5.74) is 3.30. The monoisotopic (exact) mass is 498 g/mol. The molecular weight excluding hydrogens is 476 g/mol. The molecule has 0 saturated heterocycles. The first-order chi connectivity index (χ1) is 17.2. The van der Waals surface area contributed by atoms with E-state index in [1.54, 1.807) is 10.9 Å². The maximum atomic E-state index is 13.0. The molecule has 5 aromatic rings. The molecule has 0 radical (unpaired) electrons. The molecular formula is C26H22N6O3S. The minimum Gasteiger partial charge on any atom is -0.305 e. The Labute approximate surface area is 210 Å². The number of fused-ring (bicyclic) bond motifs is 1. The largest absolute Gasteiger partial charge is 0.324 e. The van der Waals surface area contributed by atoms with Gasteiger partial charge in [0.25, 0.3) is 5.91 Å². The quantitative estimate of drug-likeness (QED) is 0.235. The summed E-state index contributed by atoms with van der Waals surface area (Å²) in [6.45, 7) is 6.43. The predicted octanol–water partition coefficient (Wildman–Crippen LogP) is 6.00. The number of anilines is 1. The van der Waals surface area contributed by atoms with Crippen molar-refractivity contribution in [3.63, 3.8) is 0 Å². The van der Waals surface area contributed by atoms with E-state index in [9.17, 15) is 14.9 Å². The number of para-hydroxylation sites is 1. The van der Waals surface area contributed by atoms with Gasteiger partial charge in [-0.3, -0.25) is 14.9 Å². The number of hydrogen-bond acceptors (Lipinski definition) is 7. The number of carbonyl (C=O) groups is 1. The number of hydrogen-bond donors (Lipinski definition) is 1. The number of aromatic nitrogens is 4. The van der Waals surface area contributed by atoms with Crippen molar-refractivity contribution < 1.29 is 9.72 Å². The van der Waals surface area contributed by atoms with Crippen LogP contribution in [0.5, 0.6) is 0 Å². The normalized spacial score (nSPS) is 11.5. The Morgan fingerprint density at radius 2 is 1.72 bits per heavy atom. The van der Waals surface area contributed by atoms with E-state index >= 15 is 0 Å². The Hall–Kier alpha value is -4.44. The summed E-state index contributed by atoms with van der Waals surface area (Å²) < 4.78 is 1.69. The number of amides is 1. The predicted molar refractivity (Wildman–Crippen MR) is 140 cm³/mol. The molecule has 0 fully saturated rings. The van der Waals surface area contributed by atoms with Crippen LogP contribution in [0.3, 0.4) is 0 Å². The van der Waals surface area contributed by atoms with Gasteiger partial charge in [0.1, 0.15) is 5.82 Å².